The first kappa shape index (κ1) is 13.7. The van der Waals surface area contributed by atoms with Crippen molar-refractivity contribution in [3.05, 3.63) is 52.3 Å². The highest BCUT2D eigenvalue weighted by Crippen LogP contribution is 2.29. The van der Waals surface area contributed by atoms with E-state index in [4.69, 9.17) is 5.73 Å². The number of hydrogen-bond donors (Lipinski definition) is 1. The molecule has 0 aliphatic heterocycles. The van der Waals surface area contributed by atoms with Crippen molar-refractivity contribution in [1.29, 1.82) is 0 Å². The summed E-state index contributed by atoms with van der Waals surface area (Å²) in [6.07, 6.45) is 0. The SMILES string of the molecule is Cc1ccc(-n2nnnc2-c2cc(F)ccc2N)c(Br)c1. The first-order chi connectivity index (χ1) is 10.1. The molecule has 0 saturated carbocycles. The van der Waals surface area contributed by atoms with Gasteiger partial charge in [-0.3, -0.25) is 0 Å². The molecule has 0 fully saturated rings. The van der Waals surface area contributed by atoms with Gasteiger partial charge in [0, 0.05) is 15.7 Å². The summed E-state index contributed by atoms with van der Waals surface area (Å²) in [6, 6.07) is 9.90. The number of aromatic nitrogens is 4. The zero-order valence-electron chi connectivity index (χ0n) is 11.1. The largest absolute Gasteiger partial charge is 0.398 e. The van der Waals surface area contributed by atoms with Crippen LogP contribution in [0.4, 0.5) is 10.1 Å². The Balaban J connectivity index is 2.19. The average Bonchev–Trinajstić information content (AvgIpc) is 2.90. The lowest BCUT2D eigenvalue weighted by atomic mass is 10.1. The van der Waals surface area contributed by atoms with Gasteiger partial charge in [0.05, 0.1) is 5.69 Å². The monoisotopic (exact) mass is 347 g/mol. The molecule has 0 radical (unpaired) electrons. The molecule has 0 spiro atoms. The molecule has 21 heavy (non-hydrogen) atoms. The smallest absolute Gasteiger partial charge is 0.189 e. The molecule has 3 rings (SSSR count). The molecule has 106 valence electrons. The number of nitrogen functional groups attached to an aromatic ring is 1. The van der Waals surface area contributed by atoms with Gasteiger partial charge in [0.25, 0.3) is 0 Å². The number of aryl methyl sites for hydroxylation is 1. The van der Waals surface area contributed by atoms with Gasteiger partial charge in [-0.25, -0.2) is 4.39 Å². The first-order valence-corrected chi connectivity index (χ1v) is 6.96. The van der Waals surface area contributed by atoms with E-state index in [1.54, 1.807) is 0 Å². The van der Waals surface area contributed by atoms with Crippen LogP contribution in [0.25, 0.3) is 17.1 Å². The highest BCUT2D eigenvalue weighted by atomic mass is 79.9. The third-order valence-corrected chi connectivity index (χ3v) is 3.69. The van der Waals surface area contributed by atoms with E-state index in [2.05, 4.69) is 31.5 Å². The molecule has 7 heteroatoms. The highest BCUT2D eigenvalue weighted by molar-refractivity contribution is 9.10. The molecule has 1 aromatic heterocycles. The maximum absolute atomic E-state index is 13.5. The van der Waals surface area contributed by atoms with Crippen LogP contribution < -0.4 is 5.73 Å². The zero-order chi connectivity index (χ0) is 15.0. The Morgan fingerprint density at radius 1 is 1.19 bits per heavy atom. The minimum absolute atomic E-state index is 0.386. The lowest BCUT2D eigenvalue weighted by molar-refractivity contribution is 0.628. The fourth-order valence-corrected chi connectivity index (χ4v) is 2.68. The van der Waals surface area contributed by atoms with E-state index in [0.717, 1.165) is 15.7 Å². The van der Waals surface area contributed by atoms with Crippen molar-refractivity contribution < 1.29 is 4.39 Å². The fourth-order valence-electron chi connectivity index (χ4n) is 2.02. The van der Waals surface area contributed by atoms with Crippen LogP contribution in [-0.2, 0) is 0 Å². The quantitative estimate of drug-likeness (QED) is 0.723. The molecule has 2 aromatic carbocycles. The maximum Gasteiger partial charge on any atom is 0.189 e. The van der Waals surface area contributed by atoms with Crippen LogP contribution in [0.15, 0.2) is 40.9 Å². The summed E-state index contributed by atoms with van der Waals surface area (Å²) in [5.41, 5.74) is 8.62. The second-order valence-corrected chi connectivity index (χ2v) is 5.46. The van der Waals surface area contributed by atoms with Crippen molar-refractivity contribution in [2.75, 3.05) is 5.73 Å². The lowest BCUT2D eigenvalue weighted by Gasteiger charge is -2.09. The summed E-state index contributed by atoms with van der Waals surface area (Å²) in [6.45, 7) is 1.99. The lowest BCUT2D eigenvalue weighted by Crippen LogP contribution is -2.03. The summed E-state index contributed by atoms with van der Waals surface area (Å²) < 4.78 is 15.8. The second-order valence-electron chi connectivity index (χ2n) is 4.60. The summed E-state index contributed by atoms with van der Waals surface area (Å²) in [4.78, 5) is 0. The Bertz CT molecular complexity index is 815. The van der Waals surface area contributed by atoms with Crippen molar-refractivity contribution in [2.24, 2.45) is 0 Å². The molecule has 1 heterocycles. The summed E-state index contributed by atoms with van der Waals surface area (Å²) in [5.74, 6) is -0.00623. The first-order valence-electron chi connectivity index (χ1n) is 6.16. The number of anilines is 1. The standard InChI is InChI=1S/C14H11BrFN5/c1-8-2-5-13(11(15)6-8)21-14(18-19-20-21)10-7-9(16)3-4-12(10)17/h2-7H,17H2,1H3. The molecule has 0 amide bonds. The van der Waals surface area contributed by atoms with Gasteiger partial charge in [-0.15, -0.1) is 5.10 Å². The number of hydrogen-bond acceptors (Lipinski definition) is 4. The van der Waals surface area contributed by atoms with E-state index in [9.17, 15) is 4.39 Å². The van der Waals surface area contributed by atoms with E-state index >= 15 is 0 Å². The number of nitrogens with two attached hydrogens (primary N) is 1. The van der Waals surface area contributed by atoms with Crippen LogP contribution in [0, 0.1) is 12.7 Å². The normalized spacial score (nSPS) is 10.8. The second kappa shape index (κ2) is 5.25. The summed E-state index contributed by atoms with van der Waals surface area (Å²) >= 11 is 3.49. The molecular formula is C14H11BrFN5. The number of nitrogens with zero attached hydrogens (tertiary/aromatic N) is 4. The van der Waals surface area contributed by atoms with Crippen LogP contribution >= 0.6 is 15.9 Å². The van der Waals surface area contributed by atoms with E-state index in [-0.39, 0.29) is 0 Å². The fraction of sp³-hybridized carbons (Fsp3) is 0.0714. The number of tetrazole rings is 1. The predicted molar refractivity (Wildman–Crippen MR) is 81.4 cm³/mol. The Morgan fingerprint density at radius 3 is 2.76 bits per heavy atom. The van der Waals surface area contributed by atoms with Gasteiger partial charge in [0.1, 0.15) is 5.82 Å². The average molecular weight is 348 g/mol. The minimum atomic E-state index is -0.392. The third-order valence-electron chi connectivity index (χ3n) is 3.06. The number of halogens is 2. The molecule has 0 aliphatic rings. The van der Waals surface area contributed by atoms with Crippen molar-refractivity contribution in [3.63, 3.8) is 0 Å². The molecule has 0 atom stereocenters. The molecule has 5 nitrogen and oxygen atoms in total. The van der Waals surface area contributed by atoms with Crippen LogP contribution in [0.1, 0.15) is 5.56 Å². The van der Waals surface area contributed by atoms with Crippen molar-refractivity contribution in [2.45, 2.75) is 6.92 Å². The summed E-state index contributed by atoms with van der Waals surface area (Å²) in [5, 5.41) is 11.6. The Morgan fingerprint density at radius 2 is 2.00 bits per heavy atom. The van der Waals surface area contributed by atoms with Gasteiger partial charge < -0.3 is 5.73 Å². The Hall–Kier alpha value is -2.28. The van der Waals surface area contributed by atoms with Crippen LogP contribution in [0.3, 0.4) is 0 Å². The number of benzene rings is 2. The van der Waals surface area contributed by atoms with E-state index < -0.39 is 5.82 Å². The van der Waals surface area contributed by atoms with Crippen LogP contribution in [0.5, 0.6) is 0 Å². The van der Waals surface area contributed by atoms with Gasteiger partial charge in [-0.05, 0) is 69.2 Å². The summed E-state index contributed by atoms with van der Waals surface area (Å²) in [7, 11) is 0. The van der Waals surface area contributed by atoms with E-state index in [1.165, 1.54) is 22.9 Å². The van der Waals surface area contributed by atoms with E-state index in [0.29, 0.717) is 17.1 Å². The van der Waals surface area contributed by atoms with Crippen LogP contribution in [-0.4, -0.2) is 20.2 Å². The molecular weight excluding hydrogens is 337 g/mol. The molecule has 0 unspecified atom stereocenters. The van der Waals surface area contributed by atoms with Gasteiger partial charge in [0.2, 0.25) is 0 Å². The molecule has 0 bridgehead atoms. The van der Waals surface area contributed by atoms with E-state index in [1.807, 2.05) is 25.1 Å². The van der Waals surface area contributed by atoms with Gasteiger partial charge >= 0.3 is 0 Å². The molecule has 3 aromatic rings. The van der Waals surface area contributed by atoms with Gasteiger partial charge in [-0.2, -0.15) is 4.68 Å². The Kier molecular flexibility index (Phi) is 3.42. The van der Waals surface area contributed by atoms with Crippen molar-refractivity contribution >= 4 is 21.6 Å². The highest BCUT2D eigenvalue weighted by Gasteiger charge is 2.16. The maximum atomic E-state index is 13.5. The Labute approximate surface area is 128 Å². The zero-order valence-corrected chi connectivity index (χ0v) is 12.7. The molecule has 0 aliphatic carbocycles. The van der Waals surface area contributed by atoms with Crippen molar-refractivity contribution in [1.82, 2.24) is 20.2 Å². The number of rotatable bonds is 2. The predicted octanol–water partition coefficient (Wildman–Crippen LogP) is 3.12. The van der Waals surface area contributed by atoms with Gasteiger partial charge in [0.15, 0.2) is 5.82 Å². The minimum Gasteiger partial charge on any atom is -0.398 e. The molecule has 2 N–H and O–H groups in total. The van der Waals surface area contributed by atoms with Crippen molar-refractivity contribution in [3.8, 4) is 17.1 Å². The third kappa shape index (κ3) is 2.52. The van der Waals surface area contributed by atoms with Gasteiger partial charge in [-0.1, -0.05) is 6.07 Å². The van der Waals surface area contributed by atoms with Crippen LogP contribution in [0.2, 0.25) is 0 Å². The molecule has 0 saturated heterocycles. The topological polar surface area (TPSA) is 69.6 Å².